The summed E-state index contributed by atoms with van der Waals surface area (Å²) in [5.74, 6) is 2.40. The van der Waals surface area contributed by atoms with Crippen LogP contribution in [0.1, 0.15) is 12.8 Å². The first-order valence-corrected chi connectivity index (χ1v) is 7.15. The van der Waals surface area contributed by atoms with Crippen LogP contribution >= 0.6 is 0 Å². The lowest BCUT2D eigenvalue weighted by atomic mass is 10.1. The highest BCUT2D eigenvalue weighted by atomic mass is 16.6. The Morgan fingerprint density at radius 1 is 1.10 bits per heavy atom. The molecule has 20 heavy (non-hydrogen) atoms. The third-order valence-electron chi connectivity index (χ3n) is 3.83. The Labute approximate surface area is 116 Å². The van der Waals surface area contributed by atoms with E-state index in [0.717, 1.165) is 54.4 Å². The topological polar surface area (TPSA) is 71.2 Å². The molecule has 6 heteroatoms. The first-order valence-electron chi connectivity index (χ1n) is 7.15. The van der Waals surface area contributed by atoms with Crippen molar-refractivity contribution in [1.29, 1.82) is 0 Å². The molecule has 2 aliphatic heterocycles. The number of anilines is 1. The van der Waals surface area contributed by atoms with E-state index in [1.165, 1.54) is 0 Å². The minimum absolute atomic E-state index is 0.485. The van der Waals surface area contributed by atoms with E-state index in [1.54, 1.807) is 0 Å². The first-order chi connectivity index (χ1) is 9.88. The molecule has 1 fully saturated rings. The molecule has 3 heterocycles. The van der Waals surface area contributed by atoms with Crippen molar-refractivity contribution in [3.05, 3.63) is 12.1 Å². The zero-order chi connectivity index (χ0) is 13.4. The number of nitrogens with one attached hydrogen (secondary N) is 3. The van der Waals surface area contributed by atoms with Gasteiger partial charge in [0.1, 0.15) is 13.2 Å². The highest BCUT2D eigenvalue weighted by Crippen LogP contribution is 2.34. The molecule has 3 N–H and O–H groups in total. The van der Waals surface area contributed by atoms with Gasteiger partial charge in [0.05, 0.1) is 11.0 Å². The van der Waals surface area contributed by atoms with Gasteiger partial charge in [-0.15, -0.1) is 0 Å². The van der Waals surface area contributed by atoms with Crippen LogP contribution in [0.2, 0.25) is 0 Å². The zero-order valence-electron chi connectivity index (χ0n) is 11.2. The van der Waals surface area contributed by atoms with Crippen molar-refractivity contribution in [2.24, 2.45) is 0 Å². The second-order valence-corrected chi connectivity index (χ2v) is 5.27. The van der Waals surface area contributed by atoms with E-state index >= 15 is 0 Å². The maximum Gasteiger partial charge on any atom is 0.201 e. The lowest BCUT2D eigenvalue weighted by molar-refractivity contribution is 0.172. The van der Waals surface area contributed by atoms with Crippen molar-refractivity contribution in [3.63, 3.8) is 0 Å². The van der Waals surface area contributed by atoms with Crippen molar-refractivity contribution in [2.45, 2.75) is 18.9 Å². The molecule has 0 radical (unpaired) electrons. The van der Waals surface area contributed by atoms with Crippen molar-refractivity contribution in [1.82, 2.24) is 15.3 Å². The van der Waals surface area contributed by atoms with Crippen LogP contribution < -0.4 is 20.1 Å². The Morgan fingerprint density at radius 2 is 1.85 bits per heavy atom. The molecule has 2 aliphatic rings. The highest BCUT2D eigenvalue weighted by Gasteiger charge is 2.17. The van der Waals surface area contributed by atoms with Crippen LogP contribution in [-0.2, 0) is 0 Å². The van der Waals surface area contributed by atoms with Crippen LogP contribution in [0.15, 0.2) is 12.1 Å². The van der Waals surface area contributed by atoms with Crippen LogP contribution in [0, 0.1) is 0 Å². The van der Waals surface area contributed by atoms with Crippen LogP contribution in [0.4, 0.5) is 5.95 Å². The van der Waals surface area contributed by atoms with E-state index in [0.29, 0.717) is 19.3 Å². The maximum absolute atomic E-state index is 5.59. The number of rotatable bonds is 2. The first kappa shape index (κ1) is 11.8. The molecule has 2 aromatic rings. The average Bonchev–Trinajstić information content (AvgIpc) is 2.86. The molecule has 0 atom stereocenters. The van der Waals surface area contributed by atoms with E-state index in [9.17, 15) is 0 Å². The minimum atomic E-state index is 0.485. The summed E-state index contributed by atoms with van der Waals surface area (Å²) < 4.78 is 11.2. The highest BCUT2D eigenvalue weighted by molar-refractivity contribution is 5.81. The van der Waals surface area contributed by atoms with Crippen LogP contribution in [0.25, 0.3) is 11.0 Å². The van der Waals surface area contributed by atoms with Crippen molar-refractivity contribution < 1.29 is 9.47 Å². The van der Waals surface area contributed by atoms with E-state index < -0.39 is 0 Å². The molecular formula is C14H18N4O2. The van der Waals surface area contributed by atoms with Crippen molar-refractivity contribution in [2.75, 3.05) is 31.6 Å². The van der Waals surface area contributed by atoms with E-state index in [-0.39, 0.29) is 0 Å². The fourth-order valence-electron chi connectivity index (χ4n) is 2.77. The monoisotopic (exact) mass is 274 g/mol. The summed E-state index contributed by atoms with van der Waals surface area (Å²) in [5.41, 5.74) is 1.89. The summed E-state index contributed by atoms with van der Waals surface area (Å²) in [7, 11) is 0. The third-order valence-corrected chi connectivity index (χ3v) is 3.83. The summed E-state index contributed by atoms with van der Waals surface area (Å²) in [6.07, 6.45) is 2.25. The van der Waals surface area contributed by atoms with Gasteiger partial charge in [-0.05, 0) is 25.9 Å². The van der Waals surface area contributed by atoms with Gasteiger partial charge in [0.15, 0.2) is 11.5 Å². The van der Waals surface area contributed by atoms with Gasteiger partial charge in [0, 0.05) is 18.2 Å². The molecule has 0 saturated carbocycles. The normalized spacial score (nSPS) is 19.2. The Balaban J connectivity index is 1.61. The molecule has 1 aromatic heterocycles. The van der Waals surface area contributed by atoms with Crippen LogP contribution in [-0.4, -0.2) is 42.3 Å². The summed E-state index contributed by atoms with van der Waals surface area (Å²) in [5, 5.41) is 6.83. The molecule has 106 valence electrons. The number of aromatic amines is 1. The molecule has 0 bridgehead atoms. The van der Waals surface area contributed by atoms with Gasteiger partial charge in [0.25, 0.3) is 0 Å². The Bertz CT molecular complexity index is 576. The summed E-state index contributed by atoms with van der Waals surface area (Å²) in [6.45, 7) is 3.33. The number of nitrogens with zero attached hydrogens (tertiary/aromatic N) is 1. The number of hydrogen-bond donors (Lipinski definition) is 3. The second-order valence-electron chi connectivity index (χ2n) is 5.27. The molecule has 0 spiro atoms. The Kier molecular flexibility index (Phi) is 2.88. The number of fused-ring (bicyclic) bond motifs is 2. The molecule has 6 nitrogen and oxygen atoms in total. The van der Waals surface area contributed by atoms with Gasteiger partial charge in [-0.1, -0.05) is 0 Å². The molecule has 4 rings (SSSR count). The lowest BCUT2D eigenvalue weighted by Gasteiger charge is -2.23. The lowest BCUT2D eigenvalue weighted by Crippen LogP contribution is -2.35. The number of hydrogen-bond acceptors (Lipinski definition) is 5. The number of imidazole rings is 1. The number of ether oxygens (including phenoxy) is 2. The standard InChI is InChI=1S/C14H18N4O2/c1-3-15-4-2-9(1)16-14-17-10-7-12-13(8-11(10)18-14)20-6-5-19-12/h7-9,15H,1-6H2,(H2,16,17,18). The second kappa shape index (κ2) is 4.86. The molecule has 1 aromatic carbocycles. The largest absolute Gasteiger partial charge is 0.486 e. The third kappa shape index (κ3) is 2.16. The summed E-state index contributed by atoms with van der Waals surface area (Å²) >= 11 is 0. The van der Waals surface area contributed by atoms with E-state index in [4.69, 9.17) is 9.47 Å². The van der Waals surface area contributed by atoms with Gasteiger partial charge in [0.2, 0.25) is 5.95 Å². The molecular weight excluding hydrogens is 256 g/mol. The quantitative estimate of drug-likeness (QED) is 0.774. The minimum Gasteiger partial charge on any atom is -0.486 e. The number of piperidine rings is 1. The van der Waals surface area contributed by atoms with Crippen LogP contribution in [0.3, 0.4) is 0 Å². The van der Waals surface area contributed by atoms with Gasteiger partial charge in [-0.3, -0.25) is 0 Å². The Hall–Kier alpha value is -1.95. The summed E-state index contributed by atoms with van der Waals surface area (Å²) in [4.78, 5) is 7.91. The van der Waals surface area contributed by atoms with Crippen molar-refractivity contribution >= 4 is 17.0 Å². The molecule has 0 aliphatic carbocycles. The molecule has 0 amide bonds. The van der Waals surface area contributed by atoms with Gasteiger partial charge in [-0.2, -0.15) is 0 Å². The zero-order valence-corrected chi connectivity index (χ0v) is 11.2. The molecule has 0 unspecified atom stereocenters. The van der Waals surface area contributed by atoms with Crippen LogP contribution in [0.5, 0.6) is 11.5 Å². The van der Waals surface area contributed by atoms with Crippen molar-refractivity contribution in [3.8, 4) is 11.5 Å². The number of benzene rings is 1. The fraction of sp³-hybridized carbons (Fsp3) is 0.500. The smallest absolute Gasteiger partial charge is 0.201 e. The predicted molar refractivity (Wildman–Crippen MR) is 76.6 cm³/mol. The van der Waals surface area contributed by atoms with E-state index in [1.807, 2.05) is 12.1 Å². The number of aromatic nitrogens is 2. The van der Waals surface area contributed by atoms with Gasteiger partial charge >= 0.3 is 0 Å². The van der Waals surface area contributed by atoms with E-state index in [2.05, 4.69) is 20.6 Å². The summed E-state index contributed by atoms with van der Waals surface area (Å²) in [6, 6.07) is 4.39. The van der Waals surface area contributed by atoms with Gasteiger partial charge in [-0.25, -0.2) is 4.98 Å². The molecule has 1 saturated heterocycles. The average molecular weight is 274 g/mol. The maximum atomic E-state index is 5.59. The fourth-order valence-corrected chi connectivity index (χ4v) is 2.77. The van der Waals surface area contributed by atoms with Gasteiger partial charge < -0.3 is 25.1 Å². The predicted octanol–water partition coefficient (Wildman–Crippen LogP) is 1.50. The Morgan fingerprint density at radius 3 is 2.65 bits per heavy atom. The number of H-pyrrole nitrogens is 1. The SMILES string of the molecule is c1c2c(cc3[nH]c(NC4CCNCC4)nc13)OCCO2.